The van der Waals surface area contributed by atoms with Crippen LogP contribution in [0.5, 0.6) is 0 Å². The van der Waals surface area contributed by atoms with E-state index in [9.17, 15) is 0 Å². The van der Waals surface area contributed by atoms with E-state index in [0.717, 1.165) is 19.7 Å². The maximum absolute atomic E-state index is 5.70. The second-order valence-electron chi connectivity index (χ2n) is 3.05. The quantitative estimate of drug-likeness (QED) is 0.591. The molecule has 1 saturated heterocycles. The van der Waals surface area contributed by atoms with Crippen molar-refractivity contribution >= 4 is 11.6 Å². The van der Waals surface area contributed by atoms with Crippen molar-refractivity contribution in [1.29, 1.82) is 0 Å². The third-order valence-electron chi connectivity index (χ3n) is 2.21. The number of ether oxygens (including phenoxy) is 1. The fraction of sp³-hybridized carbons (Fsp3) is 1.00. The first-order valence-electron chi connectivity index (χ1n) is 4.19. The van der Waals surface area contributed by atoms with Gasteiger partial charge in [-0.05, 0) is 13.5 Å². The lowest BCUT2D eigenvalue weighted by Crippen LogP contribution is -2.48. The topological polar surface area (TPSA) is 12.5 Å². The van der Waals surface area contributed by atoms with Gasteiger partial charge >= 0.3 is 0 Å². The van der Waals surface area contributed by atoms with Gasteiger partial charge in [-0.1, -0.05) is 6.92 Å². The number of rotatable bonds is 2. The highest BCUT2D eigenvalue weighted by Crippen LogP contribution is 2.11. The van der Waals surface area contributed by atoms with E-state index in [0.29, 0.717) is 11.9 Å². The van der Waals surface area contributed by atoms with Crippen molar-refractivity contribution in [2.24, 2.45) is 0 Å². The maximum atomic E-state index is 5.70. The van der Waals surface area contributed by atoms with Crippen LogP contribution in [0.4, 0.5) is 0 Å². The maximum Gasteiger partial charge on any atom is 0.0837 e. The largest absolute Gasteiger partial charge is 0.374 e. The minimum absolute atomic E-state index is 0.243. The molecule has 2 unspecified atom stereocenters. The normalized spacial score (nSPS) is 34.1. The fourth-order valence-corrected chi connectivity index (χ4v) is 1.60. The third kappa shape index (κ3) is 2.32. The second kappa shape index (κ2) is 4.29. The van der Waals surface area contributed by atoms with Gasteiger partial charge in [-0.2, -0.15) is 0 Å². The van der Waals surface area contributed by atoms with Gasteiger partial charge in [-0.25, -0.2) is 0 Å². The van der Waals surface area contributed by atoms with Crippen molar-refractivity contribution in [3.8, 4) is 0 Å². The lowest BCUT2D eigenvalue weighted by atomic mass is 10.2. The zero-order valence-corrected chi connectivity index (χ0v) is 7.97. The van der Waals surface area contributed by atoms with E-state index < -0.39 is 0 Å². The highest BCUT2D eigenvalue weighted by molar-refractivity contribution is 6.18. The van der Waals surface area contributed by atoms with Crippen LogP contribution in [0.1, 0.15) is 13.8 Å². The minimum Gasteiger partial charge on any atom is -0.374 e. The van der Waals surface area contributed by atoms with Gasteiger partial charge in [0.1, 0.15) is 0 Å². The average molecular weight is 178 g/mol. The summed E-state index contributed by atoms with van der Waals surface area (Å²) in [5.74, 6) is 0.614. The Morgan fingerprint density at radius 3 is 2.91 bits per heavy atom. The molecule has 1 aliphatic rings. The molecule has 0 aromatic heterocycles. The van der Waals surface area contributed by atoms with Crippen LogP contribution in [-0.4, -0.2) is 42.6 Å². The van der Waals surface area contributed by atoms with Crippen molar-refractivity contribution in [2.75, 3.05) is 25.6 Å². The summed E-state index contributed by atoms with van der Waals surface area (Å²) in [7, 11) is 0. The zero-order chi connectivity index (χ0) is 8.27. The molecular formula is C8H16ClNO. The summed E-state index contributed by atoms with van der Waals surface area (Å²) in [5.41, 5.74) is 0. The number of hydrogen-bond acceptors (Lipinski definition) is 2. The summed E-state index contributed by atoms with van der Waals surface area (Å²) in [5, 5.41) is 0. The first-order valence-corrected chi connectivity index (χ1v) is 4.73. The van der Waals surface area contributed by atoms with Gasteiger partial charge < -0.3 is 4.74 Å². The Morgan fingerprint density at radius 2 is 2.36 bits per heavy atom. The molecule has 0 saturated carbocycles. The number of alkyl halides is 1. The van der Waals surface area contributed by atoms with Crippen LogP contribution in [-0.2, 0) is 4.74 Å². The molecule has 1 rings (SSSR count). The predicted octanol–water partition coefficient (Wildman–Crippen LogP) is 1.33. The number of halogens is 1. The molecule has 1 aliphatic heterocycles. The standard InChI is InChI=1S/C8H16ClNO/c1-3-10-5-8(4-9)11-6-7(10)2/h7-8H,3-6H2,1-2H3. The summed E-state index contributed by atoms with van der Waals surface area (Å²) in [4.78, 5) is 2.40. The monoisotopic (exact) mass is 177 g/mol. The Labute approximate surface area is 73.5 Å². The number of hydrogen-bond donors (Lipinski definition) is 0. The van der Waals surface area contributed by atoms with Crippen LogP contribution in [0.3, 0.4) is 0 Å². The molecule has 2 nitrogen and oxygen atoms in total. The van der Waals surface area contributed by atoms with E-state index in [4.69, 9.17) is 16.3 Å². The van der Waals surface area contributed by atoms with E-state index in [1.807, 2.05) is 0 Å². The van der Waals surface area contributed by atoms with Gasteiger partial charge in [0.25, 0.3) is 0 Å². The number of morpholine rings is 1. The van der Waals surface area contributed by atoms with Crippen molar-refractivity contribution in [2.45, 2.75) is 26.0 Å². The lowest BCUT2D eigenvalue weighted by Gasteiger charge is -2.36. The van der Waals surface area contributed by atoms with Gasteiger partial charge in [0, 0.05) is 18.5 Å². The number of nitrogens with zero attached hydrogens (tertiary/aromatic N) is 1. The van der Waals surface area contributed by atoms with Crippen molar-refractivity contribution in [1.82, 2.24) is 4.90 Å². The molecular weight excluding hydrogens is 162 g/mol. The summed E-state index contributed by atoms with van der Waals surface area (Å²) in [6.07, 6.45) is 0.243. The van der Waals surface area contributed by atoms with Gasteiger partial charge in [-0.3, -0.25) is 4.90 Å². The Kier molecular flexibility index (Phi) is 3.63. The molecule has 1 fully saturated rings. The Hall–Kier alpha value is 0.210. The Balaban J connectivity index is 2.37. The molecule has 0 N–H and O–H groups in total. The predicted molar refractivity (Wildman–Crippen MR) is 47.2 cm³/mol. The van der Waals surface area contributed by atoms with Crippen LogP contribution in [0.25, 0.3) is 0 Å². The molecule has 2 atom stereocenters. The van der Waals surface area contributed by atoms with Crippen LogP contribution in [0.15, 0.2) is 0 Å². The van der Waals surface area contributed by atoms with Crippen molar-refractivity contribution in [3.63, 3.8) is 0 Å². The van der Waals surface area contributed by atoms with Crippen molar-refractivity contribution < 1.29 is 4.74 Å². The SMILES string of the molecule is CCN1CC(CCl)OCC1C. The summed E-state index contributed by atoms with van der Waals surface area (Å²) < 4.78 is 5.50. The van der Waals surface area contributed by atoms with Gasteiger partial charge in [-0.15, -0.1) is 11.6 Å². The first-order chi connectivity index (χ1) is 5.27. The van der Waals surface area contributed by atoms with Crippen molar-refractivity contribution in [3.05, 3.63) is 0 Å². The summed E-state index contributed by atoms with van der Waals surface area (Å²) >= 11 is 5.70. The molecule has 11 heavy (non-hydrogen) atoms. The molecule has 3 heteroatoms. The number of likely N-dealkylation sites (N-methyl/N-ethyl adjacent to an activating group) is 1. The average Bonchev–Trinajstić information content (AvgIpc) is 2.05. The smallest absolute Gasteiger partial charge is 0.0837 e. The lowest BCUT2D eigenvalue weighted by molar-refractivity contribution is -0.0455. The van der Waals surface area contributed by atoms with Crippen LogP contribution < -0.4 is 0 Å². The van der Waals surface area contributed by atoms with Gasteiger partial charge in [0.2, 0.25) is 0 Å². The summed E-state index contributed by atoms with van der Waals surface area (Å²) in [6, 6.07) is 0.555. The molecule has 0 amide bonds. The van der Waals surface area contributed by atoms with E-state index in [-0.39, 0.29) is 6.10 Å². The highest BCUT2D eigenvalue weighted by Gasteiger charge is 2.23. The van der Waals surface area contributed by atoms with Crippen LogP contribution in [0, 0.1) is 0 Å². The molecule has 0 bridgehead atoms. The van der Waals surface area contributed by atoms with E-state index in [1.165, 1.54) is 0 Å². The Bertz CT molecular complexity index is 121. The summed E-state index contributed by atoms with van der Waals surface area (Å²) in [6.45, 7) is 7.27. The molecule has 0 aromatic rings. The molecule has 0 spiro atoms. The fourth-order valence-electron chi connectivity index (χ4n) is 1.41. The molecule has 66 valence electrons. The van der Waals surface area contributed by atoms with Crippen LogP contribution in [0.2, 0.25) is 0 Å². The van der Waals surface area contributed by atoms with Crippen LogP contribution >= 0.6 is 11.6 Å². The van der Waals surface area contributed by atoms with Gasteiger partial charge in [0.05, 0.1) is 12.7 Å². The third-order valence-corrected chi connectivity index (χ3v) is 2.56. The minimum atomic E-state index is 0.243. The van der Waals surface area contributed by atoms with E-state index in [2.05, 4.69) is 18.7 Å². The Morgan fingerprint density at radius 1 is 1.64 bits per heavy atom. The molecule has 0 radical (unpaired) electrons. The molecule has 1 heterocycles. The van der Waals surface area contributed by atoms with E-state index in [1.54, 1.807) is 0 Å². The van der Waals surface area contributed by atoms with Gasteiger partial charge in [0.15, 0.2) is 0 Å². The zero-order valence-electron chi connectivity index (χ0n) is 7.22. The first kappa shape index (κ1) is 9.30. The molecule has 0 aliphatic carbocycles. The second-order valence-corrected chi connectivity index (χ2v) is 3.35. The highest BCUT2D eigenvalue weighted by atomic mass is 35.5. The van der Waals surface area contributed by atoms with E-state index >= 15 is 0 Å². The molecule has 0 aromatic carbocycles.